The lowest BCUT2D eigenvalue weighted by Crippen LogP contribution is -3.17. The zero-order valence-electron chi connectivity index (χ0n) is 11.9. The van der Waals surface area contributed by atoms with E-state index in [0.717, 1.165) is 32.5 Å². The molecule has 0 saturated carbocycles. The lowest BCUT2D eigenvalue weighted by molar-refractivity contribution is -0.934. The summed E-state index contributed by atoms with van der Waals surface area (Å²) in [6.45, 7) is 6.58. The summed E-state index contributed by atoms with van der Waals surface area (Å²) >= 11 is 0. The molecule has 0 spiro atoms. The van der Waals surface area contributed by atoms with Gasteiger partial charge in [-0.05, 0) is 19.8 Å². The molecule has 2 saturated heterocycles. The number of carbonyl (C=O) groups excluding carboxylic acids is 1. The molecule has 5 nitrogen and oxygen atoms in total. The smallest absolute Gasteiger partial charge is 0.409 e. The second-order valence-electron chi connectivity index (χ2n) is 5.76. The molecule has 19 heavy (non-hydrogen) atoms. The molecule has 1 unspecified atom stereocenters. The van der Waals surface area contributed by atoms with Gasteiger partial charge in [-0.2, -0.15) is 0 Å². The number of ether oxygens (including phenoxy) is 1. The monoisotopic (exact) mass is 271 g/mol. The Kier molecular flexibility index (Phi) is 5.45. The van der Waals surface area contributed by atoms with Gasteiger partial charge in [0, 0.05) is 31.8 Å². The normalized spacial score (nSPS) is 29.3. The molecule has 0 bridgehead atoms. The zero-order valence-corrected chi connectivity index (χ0v) is 11.9. The summed E-state index contributed by atoms with van der Waals surface area (Å²) in [5, 5.41) is 9.30. The number of quaternary nitrogens is 1. The van der Waals surface area contributed by atoms with Gasteiger partial charge in [-0.1, -0.05) is 0 Å². The first-order chi connectivity index (χ1) is 9.24. The van der Waals surface area contributed by atoms with Gasteiger partial charge in [0.05, 0.1) is 32.3 Å². The van der Waals surface area contributed by atoms with E-state index in [9.17, 15) is 9.90 Å². The van der Waals surface area contributed by atoms with E-state index in [2.05, 4.69) is 0 Å². The van der Waals surface area contributed by atoms with Crippen LogP contribution >= 0.6 is 0 Å². The Labute approximate surface area is 115 Å². The number of aliphatic hydroxyl groups is 1. The van der Waals surface area contributed by atoms with Crippen LogP contribution in [0.5, 0.6) is 0 Å². The predicted octanol–water partition coefficient (Wildman–Crippen LogP) is -0.105. The van der Waals surface area contributed by atoms with E-state index in [0.29, 0.717) is 25.2 Å². The summed E-state index contributed by atoms with van der Waals surface area (Å²) in [6.07, 6.45) is 4.35. The van der Waals surface area contributed by atoms with Gasteiger partial charge in [-0.25, -0.2) is 4.79 Å². The van der Waals surface area contributed by atoms with E-state index in [4.69, 9.17) is 4.74 Å². The molecule has 0 aromatic rings. The Morgan fingerprint density at radius 2 is 2.11 bits per heavy atom. The maximum absolute atomic E-state index is 11.6. The molecule has 2 rings (SSSR count). The predicted molar refractivity (Wildman–Crippen MR) is 72.1 cm³/mol. The zero-order chi connectivity index (χ0) is 13.7. The number of likely N-dealkylation sites (tertiary alicyclic amines) is 2. The topological polar surface area (TPSA) is 54.2 Å². The van der Waals surface area contributed by atoms with Gasteiger partial charge in [0.1, 0.15) is 0 Å². The van der Waals surface area contributed by atoms with Crippen molar-refractivity contribution in [2.75, 3.05) is 39.4 Å². The average Bonchev–Trinajstić information content (AvgIpc) is 2.48. The third kappa shape index (κ3) is 3.83. The van der Waals surface area contributed by atoms with Crippen molar-refractivity contribution in [3.05, 3.63) is 0 Å². The van der Waals surface area contributed by atoms with E-state index in [1.165, 1.54) is 19.4 Å². The molecule has 0 aromatic heterocycles. The number of nitrogens with one attached hydrogen (secondary N) is 1. The number of hydrogen-bond donors (Lipinski definition) is 2. The molecule has 2 aliphatic rings. The van der Waals surface area contributed by atoms with Crippen LogP contribution in [0.15, 0.2) is 0 Å². The molecule has 5 heteroatoms. The maximum Gasteiger partial charge on any atom is 0.409 e. The van der Waals surface area contributed by atoms with Crippen LogP contribution in [0.25, 0.3) is 0 Å². The number of piperidine rings is 2. The van der Waals surface area contributed by atoms with Gasteiger partial charge < -0.3 is 19.6 Å². The Morgan fingerprint density at radius 3 is 2.74 bits per heavy atom. The number of nitrogens with zero attached hydrogens (tertiary/aromatic N) is 1. The van der Waals surface area contributed by atoms with Crippen LogP contribution in [0.1, 0.15) is 32.6 Å². The SMILES string of the molecule is CCOC(=O)N1CCC([NH+]2CCC[C@H](CO)C2)CC1. The fourth-order valence-electron chi connectivity index (χ4n) is 3.40. The highest BCUT2D eigenvalue weighted by molar-refractivity contribution is 5.67. The quantitative estimate of drug-likeness (QED) is 0.753. The van der Waals surface area contributed by atoms with Gasteiger partial charge >= 0.3 is 6.09 Å². The van der Waals surface area contributed by atoms with Gasteiger partial charge in [0.2, 0.25) is 0 Å². The standard InChI is InChI=1S/C14H26N2O3/c1-2-19-14(18)15-8-5-13(6-9-15)16-7-3-4-12(10-16)11-17/h12-13,17H,2-11H2,1H3/p+1/t12-/m0/s1. The minimum Gasteiger partial charge on any atom is -0.450 e. The van der Waals surface area contributed by atoms with Crippen LogP contribution in [-0.2, 0) is 4.74 Å². The van der Waals surface area contributed by atoms with Gasteiger partial charge in [-0.3, -0.25) is 0 Å². The molecule has 110 valence electrons. The van der Waals surface area contributed by atoms with Crippen molar-refractivity contribution in [2.24, 2.45) is 5.92 Å². The summed E-state index contributed by atoms with van der Waals surface area (Å²) in [7, 11) is 0. The highest BCUT2D eigenvalue weighted by Crippen LogP contribution is 2.12. The Bertz CT molecular complexity index is 290. The van der Waals surface area contributed by atoms with Crippen molar-refractivity contribution in [1.82, 2.24) is 4.90 Å². The molecule has 2 fully saturated rings. The van der Waals surface area contributed by atoms with Crippen molar-refractivity contribution >= 4 is 6.09 Å². The van der Waals surface area contributed by atoms with Crippen LogP contribution in [0, 0.1) is 5.92 Å². The largest absolute Gasteiger partial charge is 0.450 e. The molecule has 1 amide bonds. The Balaban J connectivity index is 1.78. The van der Waals surface area contributed by atoms with Crippen LogP contribution in [0.2, 0.25) is 0 Å². The highest BCUT2D eigenvalue weighted by Gasteiger charge is 2.33. The van der Waals surface area contributed by atoms with Crippen LogP contribution in [0.3, 0.4) is 0 Å². The fourth-order valence-corrected chi connectivity index (χ4v) is 3.40. The Morgan fingerprint density at radius 1 is 1.37 bits per heavy atom. The second kappa shape index (κ2) is 7.10. The maximum atomic E-state index is 11.6. The Hall–Kier alpha value is -0.810. The van der Waals surface area contributed by atoms with Gasteiger partial charge in [0.15, 0.2) is 0 Å². The van der Waals surface area contributed by atoms with Crippen LogP contribution in [0.4, 0.5) is 4.79 Å². The lowest BCUT2D eigenvalue weighted by atomic mass is 9.94. The fraction of sp³-hybridized carbons (Fsp3) is 0.929. The molecular formula is C14H27N2O3+. The highest BCUT2D eigenvalue weighted by atomic mass is 16.6. The molecule has 2 aliphatic heterocycles. The van der Waals surface area contributed by atoms with Gasteiger partial charge in [-0.15, -0.1) is 0 Å². The van der Waals surface area contributed by atoms with E-state index in [1.54, 1.807) is 4.90 Å². The first-order valence-electron chi connectivity index (χ1n) is 7.61. The first-order valence-corrected chi connectivity index (χ1v) is 7.61. The van der Waals surface area contributed by atoms with Crippen LogP contribution in [-0.4, -0.2) is 61.5 Å². The first kappa shape index (κ1) is 14.6. The van der Waals surface area contributed by atoms with E-state index in [-0.39, 0.29) is 6.09 Å². The summed E-state index contributed by atoms with van der Waals surface area (Å²) < 4.78 is 5.04. The number of hydrogen-bond acceptors (Lipinski definition) is 3. The van der Waals surface area contributed by atoms with E-state index in [1.807, 2.05) is 11.8 Å². The summed E-state index contributed by atoms with van der Waals surface area (Å²) in [6, 6.07) is 0.653. The van der Waals surface area contributed by atoms with Crippen molar-refractivity contribution in [3.63, 3.8) is 0 Å². The van der Waals surface area contributed by atoms with E-state index >= 15 is 0 Å². The van der Waals surface area contributed by atoms with E-state index < -0.39 is 0 Å². The lowest BCUT2D eigenvalue weighted by Gasteiger charge is -2.39. The number of aliphatic hydroxyl groups excluding tert-OH is 1. The molecule has 0 aromatic carbocycles. The third-order valence-electron chi connectivity index (χ3n) is 4.52. The van der Waals surface area contributed by atoms with Crippen molar-refractivity contribution < 1.29 is 19.5 Å². The van der Waals surface area contributed by atoms with Crippen LogP contribution < -0.4 is 4.90 Å². The average molecular weight is 271 g/mol. The molecule has 0 radical (unpaired) electrons. The summed E-state index contributed by atoms with van der Waals surface area (Å²) in [4.78, 5) is 15.1. The van der Waals surface area contributed by atoms with Crippen molar-refractivity contribution in [1.29, 1.82) is 0 Å². The number of amides is 1. The van der Waals surface area contributed by atoms with Crippen molar-refractivity contribution in [3.8, 4) is 0 Å². The van der Waals surface area contributed by atoms with Crippen molar-refractivity contribution in [2.45, 2.75) is 38.6 Å². The molecular weight excluding hydrogens is 244 g/mol. The number of rotatable bonds is 3. The molecule has 2 heterocycles. The minimum atomic E-state index is -0.164. The molecule has 2 N–H and O–H groups in total. The minimum absolute atomic E-state index is 0.164. The second-order valence-corrected chi connectivity index (χ2v) is 5.76. The summed E-state index contributed by atoms with van der Waals surface area (Å²) in [5.41, 5.74) is 0. The van der Waals surface area contributed by atoms with Gasteiger partial charge in [0.25, 0.3) is 0 Å². The summed E-state index contributed by atoms with van der Waals surface area (Å²) in [5.74, 6) is 0.479. The number of carbonyl (C=O) groups is 1. The third-order valence-corrected chi connectivity index (χ3v) is 4.52. The molecule has 0 aliphatic carbocycles. The molecule has 2 atom stereocenters.